The Bertz CT molecular complexity index is 936. The number of likely N-dealkylation sites (tertiary alicyclic amines) is 1. The molecule has 2 saturated heterocycles. The molecule has 2 amide bonds. The summed E-state index contributed by atoms with van der Waals surface area (Å²) in [5, 5.41) is 5.85. The van der Waals surface area contributed by atoms with Gasteiger partial charge in [-0.1, -0.05) is 12.1 Å². The monoisotopic (exact) mass is 472 g/mol. The molecule has 2 aromatic rings. The minimum absolute atomic E-state index is 0.153. The first-order valence-corrected chi connectivity index (χ1v) is 12.6. The fourth-order valence-electron chi connectivity index (χ4n) is 4.26. The lowest BCUT2D eigenvalue weighted by Crippen LogP contribution is -2.38. The molecule has 3 heterocycles. The lowest BCUT2D eigenvalue weighted by atomic mass is 9.97. The van der Waals surface area contributed by atoms with E-state index in [1.54, 1.807) is 0 Å². The number of carbonyl (C=O) groups is 2. The summed E-state index contributed by atoms with van der Waals surface area (Å²) in [4.78, 5) is 34.0. The molecule has 9 heteroatoms. The number of aromatic nitrogens is 1. The van der Waals surface area contributed by atoms with E-state index in [1.165, 1.54) is 11.3 Å². The lowest BCUT2D eigenvalue weighted by Gasteiger charge is -2.31. The Morgan fingerprint density at radius 2 is 1.94 bits per heavy atom. The summed E-state index contributed by atoms with van der Waals surface area (Å²) in [6, 6.07) is 7.86. The van der Waals surface area contributed by atoms with Gasteiger partial charge in [0, 0.05) is 44.1 Å². The van der Waals surface area contributed by atoms with Gasteiger partial charge in [-0.05, 0) is 31.9 Å². The van der Waals surface area contributed by atoms with Crippen molar-refractivity contribution in [2.24, 2.45) is 0 Å². The van der Waals surface area contributed by atoms with Gasteiger partial charge in [-0.25, -0.2) is 4.98 Å². The molecule has 8 nitrogen and oxygen atoms in total. The van der Waals surface area contributed by atoms with E-state index >= 15 is 0 Å². The summed E-state index contributed by atoms with van der Waals surface area (Å²) in [7, 11) is 0. The van der Waals surface area contributed by atoms with Crippen LogP contribution in [-0.2, 0) is 14.3 Å². The van der Waals surface area contributed by atoms with Gasteiger partial charge in [0.2, 0.25) is 5.91 Å². The highest BCUT2D eigenvalue weighted by Gasteiger charge is 2.26. The summed E-state index contributed by atoms with van der Waals surface area (Å²) in [6.07, 6.45) is 2.18. The Morgan fingerprint density at radius 1 is 1.18 bits per heavy atom. The van der Waals surface area contributed by atoms with E-state index in [0.29, 0.717) is 38.5 Å². The van der Waals surface area contributed by atoms with Crippen LogP contribution in [0.2, 0.25) is 0 Å². The number of thiazole rings is 1. The maximum atomic E-state index is 12.9. The van der Waals surface area contributed by atoms with Crippen LogP contribution in [-0.4, -0.2) is 74.3 Å². The normalized spacial score (nSPS) is 17.2. The minimum atomic E-state index is -0.193. The van der Waals surface area contributed by atoms with Crippen molar-refractivity contribution in [2.45, 2.75) is 32.1 Å². The van der Waals surface area contributed by atoms with Crippen LogP contribution in [0.15, 0.2) is 29.6 Å². The van der Waals surface area contributed by atoms with Gasteiger partial charge in [-0.3, -0.25) is 9.59 Å². The predicted octanol–water partition coefficient (Wildman–Crippen LogP) is 3.36. The number of anilines is 2. The first-order chi connectivity index (χ1) is 16.2. The van der Waals surface area contributed by atoms with E-state index in [-0.39, 0.29) is 17.7 Å². The molecule has 4 rings (SSSR count). The van der Waals surface area contributed by atoms with Crippen molar-refractivity contribution in [1.29, 1.82) is 0 Å². The third-order valence-electron chi connectivity index (χ3n) is 6.12. The highest BCUT2D eigenvalue weighted by Crippen LogP contribution is 2.31. The standard InChI is InChI=1S/C24H32N4O4S/c1-2-31-14-9-22(29)28-10-7-18(8-11-28)24-26-20(17-33-24)23(30)25-19-5-3-4-6-21(19)27-12-15-32-16-13-27/h3-6,17-18H,2,7-16H2,1H3,(H,25,30). The molecule has 0 atom stereocenters. The first-order valence-electron chi connectivity index (χ1n) is 11.7. The Morgan fingerprint density at radius 3 is 2.70 bits per heavy atom. The van der Waals surface area contributed by atoms with Crippen LogP contribution in [0.25, 0.3) is 0 Å². The molecule has 2 aliphatic rings. The first kappa shape index (κ1) is 23.7. The van der Waals surface area contributed by atoms with Crippen molar-refractivity contribution in [2.75, 3.05) is 62.8 Å². The number of amides is 2. The van der Waals surface area contributed by atoms with E-state index in [0.717, 1.165) is 55.4 Å². The summed E-state index contributed by atoms with van der Waals surface area (Å²) >= 11 is 1.53. The van der Waals surface area contributed by atoms with E-state index in [2.05, 4.69) is 15.2 Å². The number of hydrogen-bond acceptors (Lipinski definition) is 7. The predicted molar refractivity (Wildman–Crippen MR) is 129 cm³/mol. The molecule has 0 radical (unpaired) electrons. The second-order valence-electron chi connectivity index (χ2n) is 8.24. The zero-order valence-corrected chi connectivity index (χ0v) is 19.9. The van der Waals surface area contributed by atoms with Gasteiger partial charge in [-0.2, -0.15) is 0 Å². The smallest absolute Gasteiger partial charge is 0.275 e. The van der Waals surface area contributed by atoms with Gasteiger partial charge >= 0.3 is 0 Å². The topological polar surface area (TPSA) is 84.0 Å². The van der Waals surface area contributed by atoms with Crippen LogP contribution in [0.1, 0.15) is 47.6 Å². The van der Waals surface area contributed by atoms with Gasteiger partial charge in [0.15, 0.2) is 0 Å². The quantitative estimate of drug-likeness (QED) is 0.593. The molecular weight excluding hydrogens is 440 g/mol. The summed E-state index contributed by atoms with van der Waals surface area (Å²) < 4.78 is 10.7. The van der Waals surface area contributed by atoms with Gasteiger partial charge in [-0.15, -0.1) is 11.3 Å². The molecule has 0 aliphatic carbocycles. The number of piperidine rings is 1. The third-order valence-corrected chi connectivity index (χ3v) is 7.13. The Kier molecular flexibility index (Phi) is 8.30. The molecule has 0 saturated carbocycles. The van der Waals surface area contributed by atoms with Crippen LogP contribution in [0.4, 0.5) is 11.4 Å². The summed E-state index contributed by atoms with van der Waals surface area (Å²) in [5.41, 5.74) is 2.24. The van der Waals surface area contributed by atoms with Crippen LogP contribution >= 0.6 is 11.3 Å². The number of hydrogen-bond donors (Lipinski definition) is 1. The largest absolute Gasteiger partial charge is 0.381 e. The molecule has 178 valence electrons. The van der Waals surface area contributed by atoms with E-state index in [1.807, 2.05) is 41.5 Å². The molecule has 1 N–H and O–H groups in total. The molecular formula is C24H32N4O4S. The highest BCUT2D eigenvalue weighted by molar-refractivity contribution is 7.10. The van der Waals surface area contributed by atoms with Crippen molar-refractivity contribution >= 4 is 34.5 Å². The number of rotatable bonds is 8. The number of nitrogens with one attached hydrogen (secondary N) is 1. The fraction of sp³-hybridized carbons (Fsp3) is 0.542. The molecule has 33 heavy (non-hydrogen) atoms. The van der Waals surface area contributed by atoms with Crippen molar-refractivity contribution in [3.05, 3.63) is 40.3 Å². The second-order valence-corrected chi connectivity index (χ2v) is 9.13. The number of benzene rings is 1. The molecule has 1 aromatic carbocycles. The van der Waals surface area contributed by atoms with Crippen molar-refractivity contribution in [1.82, 2.24) is 9.88 Å². The summed E-state index contributed by atoms with van der Waals surface area (Å²) in [6.45, 7) is 7.49. The zero-order chi connectivity index (χ0) is 23.0. The number of para-hydroxylation sites is 2. The number of morpholine rings is 1. The maximum Gasteiger partial charge on any atom is 0.275 e. The number of ether oxygens (including phenoxy) is 2. The lowest BCUT2D eigenvalue weighted by molar-refractivity contribution is -0.133. The van der Waals surface area contributed by atoms with Crippen LogP contribution in [0.3, 0.4) is 0 Å². The third kappa shape index (κ3) is 6.10. The zero-order valence-electron chi connectivity index (χ0n) is 19.1. The van der Waals surface area contributed by atoms with E-state index in [9.17, 15) is 9.59 Å². The molecule has 2 aliphatic heterocycles. The Balaban J connectivity index is 1.33. The number of carbonyl (C=O) groups excluding carboxylic acids is 2. The van der Waals surface area contributed by atoms with Crippen LogP contribution in [0, 0.1) is 0 Å². The maximum absolute atomic E-state index is 12.9. The van der Waals surface area contributed by atoms with E-state index < -0.39 is 0 Å². The minimum Gasteiger partial charge on any atom is -0.381 e. The van der Waals surface area contributed by atoms with Crippen molar-refractivity contribution < 1.29 is 19.1 Å². The summed E-state index contributed by atoms with van der Waals surface area (Å²) in [5.74, 6) is 0.245. The van der Waals surface area contributed by atoms with Crippen LogP contribution < -0.4 is 10.2 Å². The fourth-order valence-corrected chi connectivity index (χ4v) is 5.23. The molecule has 0 bridgehead atoms. The molecule has 1 aromatic heterocycles. The van der Waals surface area contributed by atoms with Gasteiger partial charge in [0.1, 0.15) is 5.69 Å². The molecule has 0 spiro atoms. The van der Waals surface area contributed by atoms with E-state index in [4.69, 9.17) is 9.47 Å². The second kappa shape index (κ2) is 11.6. The van der Waals surface area contributed by atoms with Gasteiger partial charge in [0.25, 0.3) is 5.91 Å². The number of nitrogens with zero attached hydrogens (tertiary/aromatic N) is 3. The van der Waals surface area contributed by atoms with Gasteiger partial charge < -0.3 is 24.6 Å². The van der Waals surface area contributed by atoms with Crippen LogP contribution in [0.5, 0.6) is 0 Å². The average molecular weight is 473 g/mol. The highest BCUT2D eigenvalue weighted by atomic mass is 32.1. The molecule has 0 unspecified atom stereocenters. The average Bonchev–Trinajstić information content (AvgIpc) is 3.36. The van der Waals surface area contributed by atoms with Gasteiger partial charge in [0.05, 0.1) is 42.6 Å². The Labute approximate surface area is 198 Å². The SMILES string of the molecule is CCOCCC(=O)N1CCC(c2nc(C(=O)Nc3ccccc3N3CCOCC3)cs2)CC1. The van der Waals surface area contributed by atoms with Crippen molar-refractivity contribution in [3.8, 4) is 0 Å². The van der Waals surface area contributed by atoms with Crippen molar-refractivity contribution in [3.63, 3.8) is 0 Å². The Hall–Kier alpha value is -2.49. The molecule has 2 fully saturated rings.